The van der Waals surface area contributed by atoms with Crippen molar-refractivity contribution in [3.63, 3.8) is 0 Å². The van der Waals surface area contributed by atoms with Gasteiger partial charge in [-0.25, -0.2) is 4.99 Å². The summed E-state index contributed by atoms with van der Waals surface area (Å²) in [5.74, 6) is 0.983. The number of nitrogens with zero attached hydrogens (tertiary/aromatic N) is 3. The predicted octanol–water partition coefficient (Wildman–Crippen LogP) is 2.47. The molecule has 1 heterocycles. The van der Waals surface area contributed by atoms with E-state index < -0.39 is 0 Å². The van der Waals surface area contributed by atoms with E-state index in [2.05, 4.69) is 29.1 Å². The number of carbonyl (C=O) groups is 1. The minimum absolute atomic E-state index is 0.0556. The van der Waals surface area contributed by atoms with Crippen LogP contribution in [0.5, 0.6) is 0 Å². The van der Waals surface area contributed by atoms with Crippen LogP contribution in [0.3, 0.4) is 0 Å². The average molecular weight is 322 g/mol. The summed E-state index contributed by atoms with van der Waals surface area (Å²) in [6.45, 7) is 6.75. The molecular weight excluding hydrogens is 288 g/mol. The van der Waals surface area contributed by atoms with Gasteiger partial charge in [-0.2, -0.15) is 0 Å². The number of likely N-dealkylation sites (N-methyl/N-ethyl adjacent to an activating group) is 1. The maximum Gasteiger partial charge on any atom is 0.243 e. The van der Waals surface area contributed by atoms with Gasteiger partial charge in [-0.3, -0.25) is 4.79 Å². The van der Waals surface area contributed by atoms with E-state index in [1.165, 1.54) is 38.5 Å². The highest BCUT2D eigenvalue weighted by molar-refractivity contribution is 5.85. The summed E-state index contributed by atoms with van der Waals surface area (Å²) < 4.78 is 0. The third-order valence-corrected chi connectivity index (χ3v) is 5.50. The van der Waals surface area contributed by atoms with Crippen molar-refractivity contribution in [1.29, 1.82) is 0 Å². The van der Waals surface area contributed by atoms with Crippen LogP contribution in [0.2, 0.25) is 0 Å². The van der Waals surface area contributed by atoms with E-state index in [0.717, 1.165) is 25.5 Å². The van der Waals surface area contributed by atoms with Crippen LogP contribution in [0.1, 0.15) is 58.8 Å². The van der Waals surface area contributed by atoms with Crippen LogP contribution in [0, 0.1) is 5.41 Å². The fraction of sp³-hybridized carbons (Fsp3) is 0.889. The second-order valence-corrected chi connectivity index (χ2v) is 7.61. The molecule has 1 aliphatic carbocycles. The number of hydrogen-bond acceptors (Lipinski definition) is 2. The quantitative estimate of drug-likeness (QED) is 0.639. The number of rotatable bonds is 4. The molecule has 1 unspecified atom stereocenters. The van der Waals surface area contributed by atoms with Gasteiger partial charge in [0.25, 0.3) is 0 Å². The second kappa shape index (κ2) is 8.02. The van der Waals surface area contributed by atoms with Gasteiger partial charge in [-0.15, -0.1) is 0 Å². The normalized spacial score (nSPS) is 22.3. The number of carbonyl (C=O) groups excluding carboxylic acids is 1. The molecular formula is C18H34N4O. The summed E-state index contributed by atoms with van der Waals surface area (Å²) in [6.07, 6.45) is 9.19. The SMILES string of the molecule is CCC(C)NC(=NCC(=O)N(C)C)N1CCC2(CCCCC2)C1. The molecule has 5 heteroatoms. The first kappa shape index (κ1) is 18.1. The van der Waals surface area contributed by atoms with Gasteiger partial charge in [-0.05, 0) is 38.0 Å². The highest BCUT2D eigenvalue weighted by Crippen LogP contribution is 2.43. The van der Waals surface area contributed by atoms with Crippen molar-refractivity contribution in [3.05, 3.63) is 0 Å². The number of amides is 1. The third kappa shape index (κ3) is 4.85. The minimum atomic E-state index is 0.0556. The molecule has 2 rings (SSSR count). The topological polar surface area (TPSA) is 47.9 Å². The summed E-state index contributed by atoms with van der Waals surface area (Å²) in [7, 11) is 3.57. The first-order valence-electron chi connectivity index (χ1n) is 9.22. The Hall–Kier alpha value is -1.26. The summed E-state index contributed by atoms with van der Waals surface area (Å²) in [5, 5.41) is 3.53. The Morgan fingerprint density at radius 3 is 2.57 bits per heavy atom. The Labute approximate surface area is 141 Å². The van der Waals surface area contributed by atoms with Crippen molar-refractivity contribution in [2.45, 2.75) is 64.8 Å². The van der Waals surface area contributed by atoms with Gasteiger partial charge in [0.2, 0.25) is 5.91 Å². The number of hydrogen-bond donors (Lipinski definition) is 1. The maximum atomic E-state index is 11.9. The molecule has 0 aromatic rings. The molecule has 23 heavy (non-hydrogen) atoms. The highest BCUT2D eigenvalue weighted by Gasteiger charge is 2.39. The van der Waals surface area contributed by atoms with Gasteiger partial charge in [0.05, 0.1) is 0 Å². The second-order valence-electron chi connectivity index (χ2n) is 7.61. The van der Waals surface area contributed by atoms with Gasteiger partial charge < -0.3 is 15.1 Å². The lowest BCUT2D eigenvalue weighted by molar-refractivity contribution is -0.127. The molecule has 5 nitrogen and oxygen atoms in total. The lowest BCUT2D eigenvalue weighted by Crippen LogP contribution is -2.45. The van der Waals surface area contributed by atoms with Crippen molar-refractivity contribution < 1.29 is 4.79 Å². The van der Waals surface area contributed by atoms with Crippen molar-refractivity contribution in [1.82, 2.24) is 15.1 Å². The fourth-order valence-electron chi connectivity index (χ4n) is 3.67. The first-order valence-corrected chi connectivity index (χ1v) is 9.22. The van der Waals surface area contributed by atoms with Gasteiger partial charge in [0.15, 0.2) is 5.96 Å². The van der Waals surface area contributed by atoms with E-state index in [4.69, 9.17) is 0 Å². The number of guanidine groups is 1. The van der Waals surface area contributed by atoms with Crippen LogP contribution in [0.4, 0.5) is 0 Å². The molecule has 1 saturated carbocycles. The van der Waals surface area contributed by atoms with E-state index in [-0.39, 0.29) is 12.5 Å². The number of aliphatic imine (C=N–C) groups is 1. The molecule has 0 radical (unpaired) electrons. The molecule has 0 aromatic heterocycles. The monoisotopic (exact) mass is 322 g/mol. The summed E-state index contributed by atoms with van der Waals surface area (Å²) in [4.78, 5) is 20.5. The zero-order valence-corrected chi connectivity index (χ0v) is 15.4. The van der Waals surface area contributed by atoms with Gasteiger partial charge in [0.1, 0.15) is 6.54 Å². The maximum absolute atomic E-state index is 11.9. The molecule has 2 aliphatic rings. The molecule has 1 saturated heterocycles. The standard InChI is InChI=1S/C18H34N4O/c1-5-15(2)20-17(19-13-16(23)21(3)4)22-12-11-18(14-22)9-7-6-8-10-18/h15H,5-14H2,1-4H3,(H,19,20). The lowest BCUT2D eigenvalue weighted by atomic mass is 9.73. The molecule has 1 aliphatic heterocycles. The molecule has 1 atom stereocenters. The van der Waals surface area contributed by atoms with E-state index in [9.17, 15) is 4.79 Å². The van der Waals surface area contributed by atoms with E-state index in [1.807, 2.05) is 0 Å². The third-order valence-electron chi connectivity index (χ3n) is 5.50. The van der Waals surface area contributed by atoms with Crippen LogP contribution in [0.15, 0.2) is 4.99 Å². The van der Waals surface area contributed by atoms with E-state index in [0.29, 0.717) is 11.5 Å². The molecule has 0 bridgehead atoms. The lowest BCUT2D eigenvalue weighted by Gasteiger charge is -2.34. The van der Waals surface area contributed by atoms with Crippen molar-refractivity contribution in [3.8, 4) is 0 Å². The zero-order valence-electron chi connectivity index (χ0n) is 15.4. The van der Waals surface area contributed by atoms with E-state index in [1.54, 1.807) is 19.0 Å². The fourth-order valence-corrected chi connectivity index (χ4v) is 3.67. The molecule has 1 N–H and O–H groups in total. The minimum Gasteiger partial charge on any atom is -0.354 e. The summed E-state index contributed by atoms with van der Waals surface area (Å²) in [6, 6.07) is 0.381. The summed E-state index contributed by atoms with van der Waals surface area (Å²) >= 11 is 0. The Kier molecular flexibility index (Phi) is 6.31. The van der Waals surface area contributed by atoms with Crippen molar-refractivity contribution in [2.24, 2.45) is 10.4 Å². The van der Waals surface area contributed by atoms with Crippen LogP contribution in [0.25, 0.3) is 0 Å². The van der Waals surface area contributed by atoms with Crippen molar-refractivity contribution >= 4 is 11.9 Å². The van der Waals surface area contributed by atoms with Crippen LogP contribution < -0.4 is 5.32 Å². The highest BCUT2D eigenvalue weighted by atomic mass is 16.2. The molecule has 132 valence electrons. The Balaban J connectivity index is 2.04. The van der Waals surface area contributed by atoms with E-state index >= 15 is 0 Å². The smallest absolute Gasteiger partial charge is 0.243 e. The van der Waals surface area contributed by atoms with Crippen LogP contribution >= 0.6 is 0 Å². The zero-order chi connectivity index (χ0) is 16.9. The van der Waals surface area contributed by atoms with Gasteiger partial charge in [-0.1, -0.05) is 26.2 Å². The van der Waals surface area contributed by atoms with Gasteiger partial charge in [0, 0.05) is 33.2 Å². The first-order chi connectivity index (χ1) is 11.0. The number of nitrogens with one attached hydrogen (secondary N) is 1. The van der Waals surface area contributed by atoms with Gasteiger partial charge >= 0.3 is 0 Å². The molecule has 1 spiro atoms. The van der Waals surface area contributed by atoms with Crippen molar-refractivity contribution in [2.75, 3.05) is 33.7 Å². The summed E-state index contributed by atoms with van der Waals surface area (Å²) in [5.41, 5.74) is 0.502. The molecule has 0 aromatic carbocycles. The Morgan fingerprint density at radius 2 is 1.96 bits per heavy atom. The molecule has 1 amide bonds. The number of likely N-dealkylation sites (tertiary alicyclic amines) is 1. The average Bonchev–Trinajstić information content (AvgIpc) is 2.94. The molecule has 2 fully saturated rings. The Morgan fingerprint density at radius 1 is 1.26 bits per heavy atom. The Bertz CT molecular complexity index is 427. The van der Waals surface area contributed by atoms with Crippen LogP contribution in [-0.4, -0.2) is 61.4 Å². The van der Waals surface area contributed by atoms with Crippen LogP contribution in [-0.2, 0) is 4.79 Å². The predicted molar refractivity (Wildman–Crippen MR) is 95.6 cm³/mol. The largest absolute Gasteiger partial charge is 0.354 e.